The molecular formula is C29H28F5N7O. The molecule has 13 heteroatoms. The first kappa shape index (κ1) is 27.9. The van der Waals surface area contributed by atoms with Gasteiger partial charge in [0.25, 0.3) is 5.91 Å². The van der Waals surface area contributed by atoms with Crippen molar-refractivity contribution in [3.63, 3.8) is 0 Å². The molecule has 1 atom stereocenters. The first-order valence-electron chi connectivity index (χ1n) is 13.6. The Morgan fingerprint density at radius 2 is 1.79 bits per heavy atom. The lowest BCUT2D eigenvalue weighted by Gasteiger charge is -2.34. The van der Waals surface area contributed by atoms with Crippen LogP contribution >= 0.6 is 0 Å². The SMILES string of the molecule is CN1CCN(c2ccc(C(=O)Nc3cnn4ccc(N5CCC[C@@H]5c5cc(F)ccc5F)nc34)c(C(F)(F)F)c2)CC1. The second-order valence-electron chi connectivity index (χ2n) is 10.6. The van der Waals surface area contributed by atoms with Crippen LogP contribution < -0.4 is 15.1 Å². The Balaban J connectivity index is 1.28. The standard InChI is InChI=1S/C29H28F5N7O/c1-38-11-13-39(14-12-38)19-5-6-20(22(16-19)29(32,33)34)28(42)36-24-17-35-41-10-8-26(37-27(24)41)40-9-2-3-25(40)21-15-18(30)4-7-23(21)31/h4-8,10,15-17,25H,2-3,9,11-14H2,1H3,(H,36,42)/t25-/m1/s1. The van der Waals surface area contributed by atoms with E-state index < -0.39 is 40.9 Å². The predicted molar refractivity (Wildman–Crippen MR) is 148 cm³/mol. The van der Waals surface area contributed by atoms with Crippen LogP contribution in [-0.4, -0.2) is 65.2 Å². The number of likely N-dealkylation sites (N-methyl/N-ethyl adjacent to an activating group) is 1. The number of carbonyl (C=O) groups is 1. The molecule has 6 rings (SSSR count). The molecule has 2 fully saturated rings. The molecule has 0 unspecified atom stereocenters. The summed E-state index contributed by atoms with van der Waals surface area (Å²) in [5.41, 5.74) is -0.602. The number of hydrogen-bond acceptors (Lipinski definition) is 6. The molecule has 1 N–H and O–H groups in total. The highest BCUT2D eigenvalue weighted by Gasteiger charge is 2.36. The molecule has 42 heavy (non-hydrogen) atoms. The Bertz CT molecular complexity index is 1630. The number of carbonyl (C=O) groups excluding carboxylic acids is 1. The fourth-order valence-electron chi connectivity index (χ4n) is 5.66. The number of anilines is 3. The van der Waals surface area contributed by atoms with E-state index in [-0.39, 0.29) is 16.9 Å². The summed E-state index contributed by atoms with van der Waals surface area (Å²) in [7, 11) is 1.96. The minimum absolute atomic E-state index is 0.116. The van der Waals surface area contributed by atoms with Crippen LogP contribution in [0.25, 0.3) is 5.65 Å². The molecule has 220 valence electrons. The second kappa shape index (κ2) is 10.9. The number of halogens is 5. The van der Waals surface area contributed by atoms with Crippen LogP contribution in [-0.2, 0) is 6.18 Å². The molecule has 2 aliphatic heterocycles. The zero-order chi connectivity index (χ0) is 29.6. The fraction of sp³-hybridized carbons (Fsp3) is 0.345. The summed E-state index contributed by atoms with van der Waals surface area (Å²) in [5.74, 6) is -1.57. The van der Waals surface area contributed by atoms with Crippen LogP contribution in [0.4, 0.5) is 39.1 Å². The molecule has 8 nitrogen and oxygen atoms in total. The highest BCUT2D eigenvalue weighted by Crippen LogP contribution is 2.38. The number of nitrogens with zero attached hydrogens (tertiary/aromatic N) is 6. The van der Waals surface area contributed by atoms with Gasteiger partial charge in [-0.05, 0) is 62.4 Å². The molecule has 2 aliphatic rings. The second-order valence-corrected chi connectivity index (χ2v) is 10.6. The van der Waals surface area contributed by atoms with E-state index in [0.717, 1.165) is 37.7 Å². The summed E-state index contributed by atoms with van der Waals surface area (Å²) in [5, 5.41) is 6.71. The van der Waals surface area contributed by atoms with Crippen molar-refractivity contribution in [2.45, 2.75) is 25.1 Å². The van der Waals surface area contributed by atoms with Gasteiger partial charge in [0, 0.05) is 50.2 Å². The molecule has 2 aromatic carbocycles. The van der Waals surface area contributed by atoms with Gasteiger partial charge < -0.3 is 20.0 Å². The summed E-state index contributed by atoms with van der Waals surface area (Å²) in [6.07, 6.45) is -0.542. The molecule has 4 aromatic rings. The van der Waals surface area contributed by atoms with E-state index in [4.69, 9.17) is 0 Å². The number of alkyl halides is 3. The minimum Gasteiger partial charge on any atom is -0.369 e. The zero-order valence-electron chi connectivity index (χ0n) is 22.7. The summed E-state index contributed by atoms with van der Waals surface area (Å²) >= 11 is 0. The Hall–Kier alpha value is -4.26. The van der Waals surface area contributed by atoms with E-state index in [1.165, 1.54) is 28.9 Å². The molecular weight excluding hydrogens is 557 g/mol. The van der Waals surface area contributed by atoms with Crippen LogP contribution in [0.5, 0.6) is 0 Å². The van der Waals surface area contributed by atoms with Crippen LogP contribution in [0.1, 0.15) is 40.4 Å². The van der Waals surface area contributed by atoms with Crippen molar-refractivity contribution < 1.29 is 26.7 Å². The fourth-order valence-corrected chi connectivity index (χ4v) is 5.66. The van der Waals surface area contributed by atoms with Crippen molar-refractivity contribution in [1.29, 1.82) is 0 Å². The first-order chi connectivity index (χ1) is 20.1. The highest BCUT2D eigenvalue weighted by molar-refractivity contribution is 6.07. The van der Waals surface area contributed by atoms with Crippen molar-refractivity contribution in [1.82, 2.24) is 19.5 Å². The smallest absolute Gasteiger partial charge is 0.369 e. The van der Waals surface area contributed by atoms with Gasteiger partial charge in [-0.1, -0.05) is 0 Å². The molecule has 0 spiro atoms. The minimum atomic E-state index is -4.75. The average molecular weight is 586 g/mol. The summed E-state index contributed by atoms with van der Waals surface area (Å²) in [6, 6.07) is 8.29. The van der Waals surface area contributed by atoms with E-state index in [1.54, 1.807) is 12.3 Å². The summed E-state index contributed by atoms with van der Waals surface area (Å²) in [6.45, 7) is 3.15. The Morgan fingerprint density at radius 3 is 2.55 bits per heavy atom. The summed E-state index contributed by atoms with van der Waals surface area (Å²) in [4.78, 5) is 23.6. The van der Waals surface area contributed by atoms with Gasteiger partial charge in [-0.15, -0.1) is 0 Å². The zero-order valence-corrected chi connectivity index (χ0v) is 22.7. The van der Waals surface area contributed by atoms with Gasteiger partial charge in [-0.3, -0.25) is 4.79 Å². The molecule has 4 heterocycles. The molecule has 1 amide bonds. The monoisotopic (exact) mass is 585 g/mol. The lowest BCUT2D eigenvalue weighted by Crippen LogP contribution is -2.44. The van der Waals surface area contributed by atoms with Gasteiger partial charge in [-0.25, -0.2) is 18.3 Å². The highest BCUT2D eigenvalue weighted by atomic mass is 19.4. The Morgan fingerprint density at radius 1 is 1.00 bits per heavy atom. The van der Waals surface area contributed by atoms with E-state index in [9.17, 15) is 26.7 Å². The van der Waals surface area contributed by atoms with Gasteiger partial charge >= 0.3 is 6.18 Å². The van der Waals surface area contributed by atoms with Crippen molar-refractivity contribution in [2.24, 2.45) is 0 Å². The number of fused-ring (bicyclic) bond motifs is 1. The molecule has 2 saturated heterocycles. The number of hydrogen-bond donors (Lipinski definition) is 1. The predicted octanol–water partition coefficient (Wildman–Crippen LogP) is 5.37. The van der Waals surface area contributed by atoms with Crippen molar-refractivity contribution in [3.8, 4) is 0 Å². The summed E-state index contributed by atoms with van der Waals surface area (Å²) < 4.78 is 72.2. The third-order valence-corrected chi connectivity index (χ3v) is 7.89. The largest absolute Gasteiger partial charge is 0.417 e. The van der Waals surface area contributed by atoms with Gasteiger partial charge in [0.2, 0.25) is 0 Å². The van der Waals surface area contributed by atoms with Crippen molar-refractivity contribution >= 4 is 28.7 Å². The van der Waals surface area contributed by atoms with E-state index in [1.807, 2.05) is 16.8 Å². The maximum absolute atomic E-state index is 14.6. The molecule has 2 aromatic heterocycles. The number of aromatic nitrogens is 3. The number of benzene rings is 2. The van der Waals surface area contributed by atoms with Crippen LogP contribution in [0.2, 0.25) is 0 Å². The van der Waals surface area contributed by atoms with Gasteiger partial charge in [0.15, 0.2) is 5.65 Å². The van der Waals surface area contributed by atoms with Crippen molar-refractivity contribution in [2.75, 3.05) is 54.9 Å². The Labute approximate surface area is 238 Å². The van der Waals surface area contributed by atoms with E-state index in [0.29, 0.717) is 37.6 Å². The van der Waals surface area contributed by atoms with Crippen LogP contribution in [0.15, 0.2) is 54.9 Å². The molecule has 0 radical (unpaired) electrons. The van der Waals surface area contributed by atoms with Gasteiger partial charge in [0.05, 0.1) is 23.4 Å². The molecule has 0 bridgehead atoms. The van der Waals surface area contributed by atoms with Crippen LogP contribution in [0, 0.1) is 11.6 Å². The molecule has 0 saturated carbocycles. The van der Waals surface area contributed by atoms with Gasteiger partial charge in [0.1, 0.15) is 23.1 Å². The normalized spacial score (nSPS) is 18.2. The number of nitrogens with one attached hydrogen (secondary N) is 1. The average Bonchev–Trinajstić information content (AvgIpc) is 3.61. The van der Waals surface area contributed by atoms with Crippen LogP contribution in [0.3, 0.4) is 0 Å². The number of piperazine rings is 1. The van der Waals surface area contributed by atoms with E-state index >= 15 is 0 Å². The topological polar surface area (TPSA) is 69.0 Å². The van der Waals surface area contributed by atoms with Gasteiger partial charge in [-0.2, -0.15) is 18.3 Å². The lowest BCUT2D eigenvalue weighted by atomic mass is 10.0. The third-order valence-electron chi connectivity index (χ3n) is 7.89. The maximum atomic E-state index is 14.6. The number of amides is 1. The maximum Gasteiger partial charge on any atom is 0.417 e. The third kappa shape index (κ3) is 5.36. The quantitative estimate of drug-likeness (QED) is 0.318. The lowest BCUT2D eigenvalue weighted by molar-refractivity contribution is -0.137. The molecule has 0 aliphatic carbocycles. The Kier molecular flexibility index (Phi) is 7.21. The first-order valence-corrected chi connectivity index (χ1v) is 13.6. The van der Waals surface area contributed by atoms with Crippen molar-refractivity contribution in [3.05, 3.63) is 83.2 Å². The number of rotatable bonds is 5. The van der Waals surface area contributed by atoms with E-state index in [2.05, 4.69) is 20.3 Å².